The van der Waals surface area contributed by atoms with Crippen LogP contribution in [0, 0.1) is 18.3 Å². The Kier molecular flexibility index (Phi) is 1.01. The van der Waals surface area contributed by atoms with Crippen molar-refractivity contribution in [3.8, 4) is 0 Å². The summed E-state index contributed by atoms with van der Waals surface area (Å²) in [6.07, 6.45) is 10.4. The van der Waals surface area contributed by atoms with Crippen LogP contribution in [0.5, 0.6) is 0 Å². The van der Waals surface area contributed by atoms with Gasteiger partial charge in [0.15, 0.2) is 0 Å². The fourth-order valence-corrected chi connectivity index (χ4v) is 1.58. The lowest BCUT2D eigenvalue weighted by atomic mass is 9.73. The van der Waals surface area contributed by atoms with Crippen LogP contribution < -0.4 is 0 Å². The molecule has 1 saturated carbocycles. The molecule has 2 radical (unpaired) electrons. The molecule has 0 aliphatic heterocycles. The van der Waals surface area contributed by atoms with Gasteiger partial charge in [-0.1, -0.05) is 24.3 Å². The van der Waals surface area contributed by atoms with Crippen LogP contribution in [-0.2, 0) is 0 Å². The van der Waals surface area contributed by atoms with Gasteiger partial charge in [0.1, 0.15) is 0 Å². The van der Waals surface area contributed by atoms with E-state index in [2.05, 4.69) is 25.2 Å². The standard InChI is InChI=1S/C9H10/c1-7-6-8-2-4-9(7)5-3-8/h2,4,8-9H,1,3,5H2. The first-order chi connectivity index (χ1) is 4.36. The molecule has 3 rings (SSSR count). The molecule has 0 aromatic heterocycles. The van der Waals surface area contributed by atoms with Gasteiger partial charge in [-0.05, 0) is 24.7 Å². The van der Waals surface area contributed by atoms with E-state index in [1.54, 1.807) is 0 Å². The van der Waals surface area contributed by atoms with Gasteiger partial charge in [0.2, 0.25) is 0 Å². The lowest BCUT2D eigenvalue weighted by molar-refractivity contribution is 0.479. The number of fused-ring (bicyclic) bond motifs is 2. The first-order valence-electron chi connectivity index (χ1n) is 3.50. The molecule has 3 aliphatic carbocycles. The fraction of sp³-hybridized carbons (Fsp3) is 0.444. The zero-order valence-electron chi connectivity index (χ0n) is 5.43. The van der Waals surface area contributed by atoms with E-state index >= 15 is 0 Å². The molecule has 46 valence electrons. The summed E-state index contributed by atoms with van der Waals surface area (Å²) in [4.78, 5) is 0. The first kappa shape index (κ1) is 5.28. The molecular formula is C9H10. The van der Waals surface area contributed by atoms with E-state index in [-0.39, 0.29) is 0 Å². The molecular weight excluding hydrogens is 108 g/mol. The summed E-state index contributed by atoms with van der Waals surface area (Å²) in [5, 5.41) is 0. The van der Waals surface area contributed by atoms with E-state index < -0.39 is 0 Å². The van der Waals surface area contributed by atoms with Crippen molar-refractivity contribution in [2.45, 2.75) is 12.8 Å². The van der Waals surface area contributed by atoms with Gasteiger partial charge in [-0.3, -0.25) is 0 Å². The molecule has 2 atom stereocenters. The van der Waals surface area contributed by atoms with Gasteiger partial charge >= 0.3 is 0 Å². The van der Waals surface area contributed by atoms with Gasteiger partial charge in [-0.25, -0.2) is 0 Å². The summed E-state index contributed by atoms with van der Waals surface area (Å²) < 4.78 is 0. The molecule has 3 aliphatic rings. The van der Waals surface area contributed by atoms with Crippen LogP contribution >= 0.6 is 0 Å². The molecule has 9 heavy (non-hydrogen) atoms. The Morgan fingerprint density at radius 2 is 2.33 bits per heavy atom. The van der Waals surface area contributed by atoms with Crippen molar-refractivity contribution in [1.82, 2.24) is 0 Å². The van der Waals surface area contributed by atoms with E-state index in [1.165, 1.54) is 18.4 Å². The van der Waals surface area contributed by atoms with Crippen molar-refractivity contribution in [3.05, 3.63) is 30.7 Å². The molecule has 0 aromatic rings. The minimum Gasteiger partial charge on any atom is -0.0986 e. The Labute approximate surface area is 56.3 Å². The van der Waals surface area contributed by atoms with Crippen molar-refractivity contribution >= 4 is 0 Å². The number of rotatable bonds is 0. The quantitative estimate of drug-likeness (QED) is 0.428. The molecule has 0 saturated heterocycles. The van der Waals surface area contributed by atoms with E-state index in [4.69, 9.17) is 0 Å². The number of hydrogen-bond acceptors (Lipinski definition) is 0. The highest BCUT2D eigenvalue weighted by atomic mass is 14.3. The van der Waals surface area contributed by atoms with Gasteiger partial charge in [-0.2, -0.15) is 0 Å². The summed E-state index contributed by atoms with van der Waals surface area (Å²) in [6, 6.07) is 0. The van der Waals surface area contributed by atoms with E-state index in [0.29, 0.717) is 11.8 Å². The molecule has 0 amide bonds. The third kappa shape index (κ3) is 0.735. The van der Waals surface area contributed by atoms with Crippen LogP contribution in [0.15, 0.2) is 24.3 Å². The van der Waals surface area contributed by atoms with Crippen LogP contribution in [0.2, 0.25) is 0 Å². The molecule has 2 unspecified atom stereocenters. The molecule has 0 heteroatoms. The molecule has 0 nitrogen and oxygen atoms in total. The maximum Gasteiger partial charge on any atom is 0.0194 e. The molecule has 1 fully saturated rings. The molecule has 0 aromatic carbocycles. The van der Waals surface area contributed by atoms with Crippen LogP contribution in [0.1, 0.15) is 12.8 Å². The van der Waals surface area contributed by atoms with Crippen LogP contribution in [-0.4, -0.2) is 0 Å². The SMILES string of the molecule is C=C1[C]C2C=CC1CC2. The van der Waals surface area contributed by atoms with Gasteiger partial charge in [0.25, 0.3) is 0 Å². The van der Waals surface area contributed by atoms with Crippen molar-refractivity contribution in [2.75, 3.05) is 0 Å². The summed E-state index contributed by atoms with van der Waals surface area (Å²) in [7, 11) is 0. The maximum absolute atomic E-state index is 3.93. The van der Waals surface area contributed by atoms with Gasteiger partial charge < -0.3 is 0 Å². The zero-order valence-corrected chi connectivity index (χ0v) is 5.43. The normalized spacial score (nSPS) is 39.8. The molecule has 0 N–H and O–H groups in total. The first-order valence-corrected chi connectivity index (χ1v) is 3.50. The highest BCUT2D eigenvalue weighted by molar-refractivity contribution is 5.29. The smallest absolute Gasteiger partial charge is 0.0194 e. The van der Waals surface area contributed by atoms with E-state index in [1.807, 2.05) is 0 Å². The Morgan fingerprint density at radius 1 is 1.44 bits per heavy atom. The minimum absolute atomic E-state index is 0.600. The van der Waals surface area contributed by atoms with Crippen LogP contribution in [0.4, 0.5) is 0 Å². The number of hydrogen-bond donors (Lipinski definition) is 0. The average Bonchev–Trinajstić information content (AvgIpc) is 1.90. The second-order valence-electron chi connectivity index (χ2n) is 2.84. The lowest BCUT2D eigenvalue weighted by Gasteiger charge is -2.31. The van der Waals surface area contributed by atoms with Gasteiger partial charge in [0.05, 0.1) is 0 Å². The zero-order chi connectivity index (χ0) is 6.27. The third-order valence-electron chi connectivity index (χ3n) is 2.18. The van der Waals surface area contributed by atoms with Crippen molar-refractivity contribution in [1.29, 1.82) is 0 Å². The Hall–Kier alpha value is -0.520. The predicted octanol–water partition coefficient (Wildman–Crippen LogP) is 2.22. The monoisotopic (exact) mass is 118 g/mol. The fourth-order valence-electron chi connectivity index (χ4n) is 1.58. The summed E-state index contributed by atoms with van der Waals surface area (Å²) >= 11 is 0. The summed E-state index contributed by atoms with van der Waals surface area (Å²) in [5.41, 5.74) is 1.22. The van der Waals surface area contributed by atoms with Gasteiger partial charge in [-0.15, -0.1) is 0 Å². The topological polar surface area (TPSA) is 0 Å². The Bertz CT molecular complexity index is 165. The largest absolute Gasteiger partial charge is 0.0986 e. The second kappa shape index (κ2) is 1.73. The third-order valence-corrected chi connectivity index (χ3v) is 2.18. The second-order valence-corrected chi connectivity index (χ2v) is 2.84. The maximum atomic E-state index is 3.93. The van der Waals surface area contributed by atoms with Crippen molar-refractivity contribution < 1.29 is 0 Å². The summed E-state index contributed by atoms with van der Waals surface area (Å²) in [5.74, 6) is 1.23. The highest BCUT2D eigenvalue weighted by Gasteiger charge is 2.25. The predicted molar refractivity (Wildman–Crippen MR) is 37.7 cm³/mol. The van der Waals surface area contributed by atoms with Crippen molar-refractivity contribution in [3.63, 3.8) is 0 Å². The Balaban J connectivity index is 2.29. The van der Waals surface area contributed by atoms with Crippen molar-refractivity contribution in [2.24, 2.45) is 11.8 Å². The Morgan fingerprint density at radius 3 is 2.56 bits per heavy atom. The van der Waals surface area contributed by atoms with Crippen LogP contribution in [0.25, 0.3) is 0 Å². The van der Waals surface area contributed by atoms with Crippen LogP contribution in [0.3, 0.4) is 0 Å². The highest BCUT2D eigenvalue weighted by Crippen LogP contribution is 2.37. The molecule has 0 heterocycles. The minimum atomic E-state index is 0.600. The van der Waals surface area contributed by atoms with E-state index in [9.17, 15) is 0 Å². The summed E-state index contributed by atoms with van der Waals surface area (Å²) in [6.45, 7) is 3.93. The number of allylic oxidation sites excluding steroid dienone is 3. The lowest BCUT2D eigenvalue weighted by Crippen LogP contribution is -2.19. The molecule has 2 bridgehead atoms. The van der Waals surface area contributed by atoms with E-state index in [0.717, 1.165) is 0 Å². The average molecular weight is 118 g/mol. The van der Waals surface area contributed by atoms with Gasteiger partial charge in [0, 0.05) is 6.42 Å². The molecule has 0 spiro atoms.